The number of benzene rings is 5. The van der Waals surface area contributed by atoms with Gasteiger partial charge in [0.05, 0.1) is 91.9 Å². The van der Waals surface area contributed by atoms with Crippen LogP contribution < -0.4 is 18.7 Å². The standard InChI is InChI=1S/C49H56ClO15P/c1-53-39-21-17-37(18-22-39)49(36-11-5-3-6-12-36,38-19-23-40(54-2)24-20-38)61-35-44-45(65-66(51,52)64-43-16-10-9-15-42(43)50)46-47(48(63-44)62-41-13-7-4-8-14-41)60-34-32-58-30-28-56-26-25-55-27-29-57-31-33-59-46/h3-24,44-48H,25-35H2,1-2H3,(H,51,52)/t44-,45-,46+,47-,48-/m1/s1. The molecule has 0 saturated carbocycles. The Morgan fingerprint density at radius 3 is 1.59 bits per heavy atom. The smallest absolute Gasteiger partial charge is 0.497 e. The Labute approximate surface area is 390 Å². The fraction of sp³-hybridized carbons (Fsp3) is 0.388. The van der Waals surface area contributed by atoms with E-state index < -0.39 is 44.1 Å². The van der Waals surface area contributed by atoms with Crippen LogP contribution in [0.1, 0.15) is 16.7 Å². The van der Waals surface area contributed by atoms with Gasteiger partial charge in [-0.05, 0) is 65.2 Å². The molecule has 1 unspecified atom stereocenters. The lowest BCUT2D eigenvalue weighted by Crippen LogP contribution is -2.63. The van der Waals surface area contributed by atoms with Gasteiger partial charge in [-0.2, -0.15) is 0 Å². The number of fused-ring (bicyclic) bond motifs is 1. The Morgan fingerprint density at radius 1 is 0.591 bits per heavy atom. The first-order valence-electron chi connectivity index (χ1n) is 21.6. The number of phosphoric acid groups is 1. The van der Waals surface area contributed by atoms with Gasteiger partial charge in [-0.1, -0.05) is 96.5 Å². The summed E-state index contributed by atoms with van der Waals surface area (Å²) in [7, 11) is -1.86. The highest BCUT2D eigenvalue weighted by Gasteiger charge is 2.53. The number of rotatable bonds is 14. The second-order valence-corrected chi connectivity index (χ2v) is 16.7. The second-order valence-electron chi connectivity index (χ2n) is 15.0. The molecule has 2 aliphatic heterocycles. The predicted molar refractivity (Wildman–Crippen MR) is 244 cm³/mol. The molecule has 66 heavy (non-hydrogen) atoms. The van der Waals surface area contributed by atoms with Gasteiger partial charge in [-0.25, -0.2) is 4.57 Å². The molecular formula is C49H56ClO15P. The molecule has 0 bridgehead atoms. The van der Waals surface area contributed by atoms with E-state index in [2.05, 4.69) is 0 Å². The molecule has 0 aromatic heterocycles. The Balaban J connectivity index is 1.32. The van der Waals surface area contributed by atoms with Crippen LogP contribution in [0.15, 0.2) is 133 Å². The van der Waals surface area contributed by atoms with Gasteiger partial charge in [-0.15, -0.1) is 0 Å². The summed E-state index contributed by atoms with van der Waals surface area (Å²) < 4.78 is 94.1. The van der Waals surface area contributed by atoms with Gasteiger partial charge in [0.25, 0.3) is 0 Å². The maximum Gasteiger partial charge on any atom is 0.527 e. The number of para-hydroxylation sites is 2. The van der Waals surface area contributed by atoms with Gasteiger partial charge in [0.1, 0.15) is 53.0 Å². The number of hydrogen-bond donors (Lipinski definition) is 1. The average molecular weight is 951 g/mol. The van der Waals surface area contributed by atoms with Crippen LogP contribution in [0, 0.1) is 0 Å². The topological polar surface area (TPSA) is 157 Å². The van der Waals surface area contributed by atoms with Crippen LogP contribution in [0.4, 0.5) is 0 Å². The minimum atomic E-state index is -5.06. The van der Waals surface area contributed by atoms with Gasteiger partial charge < -0.3 is 56.6 Å². The van der Waals surface area contributed by atoms with E-state index in [1.807, 2.05) is 97.1 Å². The predicted octanol–water partition coefficient (Wildman–Crippen LogP) is 7.88. The number of ether oxygens (including phenoxy) is 11. The number of hydrogen-bond acceptors (Lipinski definition) is 14. The Bertz CT molecular complexity index is 2170. The normalized spacial score (nSPS) is 22.6. The lowest BCUT2D eigenvalue weighted by atomic mass is 9.80. The molecule has 0 radical (unpaired) electrons. The molecule has 5 aromatic rings. The summed E-state index contributed by atoms with van der Waals surface area (Å²) in [5.41, 5.74) is 0.907. The van der Waals surface area contributed by atoms with Crippen molar-refractivity contribution in [3.05, 3.63) is 155 Å². The van der Waals surface area contributed by atoms with Crippen LogP contribution in [-0.2, 0) is 52.6 Å². The van der Waals surface area contributed by atoms with E-state index >= 15 is 0 Å². The minimum absolute atomic E-state index is 0.00236. The minimum Gasteiger partial charge on any atom is -0.497 e. The number of halogens is 1. The highest BCUT2D eigenvalue weighted by atomic mass is 35.5. The molecule has 7 rings (SSSR count). The van der Waals surface area contributed by atoms with E-state index in [4.69, 9.17) is 72.8 Å². The van der Waals surface area contributed by atoms with E-state index in [0.29, 0.717) is 50.3 Å². The van der Waals surface area contributed by atoms with Crippen LogP contribution in [0.3, 0.4) is 0 Å². The van der Waals surface area contributed by atoms with Crippen molar-refractivity contribution in [3.63, 3.8) is 0 Å². The molecule has 0 amide bonds. The summed E-state index contributed by atoms with van der Waals surface area (Å²) in [6.45, 7) is 2.16. The third-order valence-corrected chi connectivity index (χ3v) is 12.0. The zero-order valence-electron chi connectivity index (χ0n) is 36.9. The second kappa shape index (κ2) is 25.0. The van der Waals surface area contributed by atoms with Gasteiger partial charge in [-0.3, -0.25) is 9.42 Å². The largest absolute Gasteiger partial charge is 0.527 e. The molecule has 6 atom stereocenters. The highest BCUT2D eigenvalue weighted by Crippen LogP contribution is 2.50. The van der Waals surface area contributed by atoms with E-state index in [-0.39, 0.29) is 50.4 Å². The summed E-state index contributed by atoms with van der Waals surface area (Å²) in [6.07, 6.45) is -6.08. The van der Waals surface area contributed by atoms with Crippen molar-refractivity contribution in [1.82, 2.24) is 0 Å². The molecule has 2 aliphatic rings. The van der Waals surface area contributed by atoms with Crippen molar-refractivity contribution in [1.29, 1.82) is 0 Å². The molecule has 17 heteroatoms. The van der Waals surface area contributed by atoms with Crippen molar-refractivity contribution in [3.8, 4) is 23.0 Å². The first-order chi connectivity index (χ1) is 32.3. The Kier molecular flexibility index (Phi) is 18.7. The van der Waals surface area contributed by atoms with Crippen LogP contribution in [-0.4, -0.2) is 122 Å². The molecule has 0 aliphatic carbocycles. The molecule has 2 heterocycles. The summed E-state index contributed by atoms with van der Waals surface area (Å²) in [5, 5.41) is 0.0957. The van der Waals surface area contributed by atoms with E-state index in [9.17, 15) is 9.46 Å². The van der Waals surface area contributed by atoms with Crippen LogP contribution in [0.2, 0.25) is 5.02 Å². The summed E-state index contributed by atoms with van der Waals surface area (Å²) in [4.78, 5) is 11.6. The molecular weight excluding hydrogens is 895 g/mol. The quantitative estimate of drug-likeness (QED) is 0.0846. The maximum absolute atomic E-state index is 14.3. The molecule has 354 valence electrons. The van der Waals surface area contributed by atoms with Crippen molar-refractivity contribution < 1.29 is 70.6 Å². The molecule has 0 spiro atoms. The Morgan fingerprint density at radius 2 is 1.06 bits per heavy atom. The van der Waals surface area contributed by atoms with Gasteiger partial charge in [0.2, 0.25) is 6.29 Å². The summed E-state index contributed by atoms with van der Waals surface area (Å²) in [6, 6.07) is 40.1. The highest BCUT2D eigenvalue weighted by molar-refractivity contribution is 7.47. The van der Waals surface area contributed by atoms with E-state index in [1.54, 1.807) is 38.5 Å². The van der Waals surface area contributed by atoms with Crippen molar-refractivity contribution in [2.24, 2.45) is 0 Å². The molecule has 1 N–H and O–H groups in total. The third kappa shape index (κ3) is 13.3. The Hall–Kier alpha value is -4.58. The van der Waals surface area contributed by atoms with Crippen LogP contribution in [0.5, 0.6) is 23.0 Å². The zero-order valence-corrected chi connectivity index (χ0v) is 38.5. The zero-order chi connectivity index (χ0) is 46.0. The monoisotopic (exact) mass is 950 g/mol. The van der Waals surface area contributed by atoms with Crippen LogP contribution >= 0.6 is 19.4 Å². The van der Waals surface area contributed by atoms with Crippen LogP contribution in [0.25, 0.3) is 0 Å². The first-order valence-corrected chi connectivity index (χ1v) is 23.5. The fourth-order valence-electron chi connectivity index (χ4n) is 7.58. The molecule has 2 saturated heterocycles. The molecule has 2 fully saturated rings. The lowest BCUT2D eigenvalue weighted by Gasteiger charge is -2.46. The average Bonchev–Trinajstić information content (AvgIpc) is 3.34. The fourth-order valence-corrected chi connectivity index (χ4v) is 8.82. The summed E-state index contributed by atoms with van der Waals surface area (Å²) in [5.74, 6) is 1.67. The van der Waals surface area contributed by atoms with Gasteiger partial charge in [0.15, 0.2) is 0 Å². The van der Waals surface area contributed by atoms with E-state index in [1.165, 1.54) is 12.1 Å². The van der Waals surface area contributed by atoms with E-state index in [0.717, 1.165) is 16.7 Å². The van der Waals surface area contributed by atoms with Crippen molar-refractivity contribution in [2.45, 2.75) is 36.3 Å². The number of phosphoric ester groups is 1. The van der Waals surface area contributed by atoms with Crippen molar-refractivity contribution in [2.75, 3.05) is 86.9 Å². The molecule has 5 aromatic carbocycles. The SMILES string of the molecule is COc1ccc(C(OC[C@H]2O[C@@H](Oc3ccccc3)[C@@H]3OCCOCCOCCOCCOCCO[C@H]3[C@@H]2OP(=O)(O)Oc2ccccc2Cl)(c2ccccc2)c2ccc(OC)cc2)cc1. The number of methoxy groups -OCH3 is 2. The molecule has 15 nitrogen and oxygen atoms in total. The van der Waals surface area contributed by atoms with Gasteiger partial charge in [0, 0.05) is 0 Å². The third-order valence-electron chi connectivity index (χ3n) is 10.7. The maximum atomic E-state index is 14.3. The first kappa shape index (κ1) is 49.3. The van der Waals surface area contributed by atoms with Crippen molar-refractivity contribution >= 4 is 19.4 Å². The summed E-state index contributed by atoms with van der Waals surface area (Å²) >= 11 is 6.41. The van der Waals surface area contributed by atoms with Gasteiger partial charge >= 0.3 is 7.82 Å². The lowest BCUT2D eigenvalue weighted by molar-refractivity contribution is -0.298.